The molecule has 2 aromatic carbocycles. The van der Waals surface area contributed by atoms with Gasteiger partial charge in [-0.25, -0.2) is 0 Å². The van der Waals surface area contributed by atoms with Crippen molar-refractivity contribution >= 4 is 6.29 Å². The van der Waals surface area contributed by atoms with Crippen molar-refractivity contribution < 1.29 is 27.6 Å². The standard InChI is InChI=1S/C17H12F2N2O4/c18-17(19)24-14-7-3-12(4-8-14)16-20-15(25-21-16)10-23-13-5-1-11(9-22)2-6-13/h1-9,17H,10H2. The number of hydrogen-bond donors (Lipinski definition) is 0. The number of halogens is 2. The van der Waals surface area contributed by atoms with Crippen molar-refractivity contribution in [2.24, 2.45) is 0 Å². The number of carbonyl (C=O) groups is 1. The lowest BCUT2D eigenvalue weighted by molar-refractivity contribution is -0.0498. The fraction of sp³-hybridized carbons (Fsp3) is 0.118. The van der Waals surface area contributed by atoms with E-state index in [1.807, 2.05) is 0 Å². The average Bonchev–Trinajstić information content (AvgIpc) is 3.09. The first-order valence-corrected chi connectivity index (χ1v) is 7.20. The lowest BCUT2D eigenvalue weighted by atomic mass is 10.2. The van der Waals surface area contributed by atoms with E-state index in [1.54, 1.807) is 36.4 Å². The Kier molecular flexibility index (Phi) is 4.98. The van der Waals surface area contributed by atoms with Crippen LogP contribution < -0.4 is 9.47 Å². The molecule has 0 saturated carbocycles. The summed E-state index contributed by atoms with van der Waals surface area (Å²) >= 11 is 0. The van der Waals surface area contributed by atoms with E-state index in [4.69, 9.17) is 9.26 Å². The Labute approximate surface area is 141 Å². The number of ether oxygens (including phenoxy) is 2. The van der Waals surface area contributed by atoms with E-state index in [9.17, 15) is 13.6 Å². The van der Waals surface area contributed by atoms with E-state index in [0.717, 1.165) is 6.29 Å². The molecule has 0 saturated heterocycles. The monoisotopic (exact) mass is 346 g/mol. The van der Waals surface area contributed by atoms with Crippen LogP contribution in [0, 0.1) is 0 Å². The topological polar surface area (TPSA) is 74.5 Å². The predicted molar refractivity (Wildman–Crippen MR) is 82.5 cm³/mol. The molecule has 0 bridgehead atoms. The second-order valence-corrected chi connectivity index (χ2v) is 4.89. The van der Waals surface area contributed by atoms with Gasteiger partial charge in [0.05, 0.1) is 0 Å². The third-order valence-corrected chi connectivity index (χ3v) is 3.18. The first-order chi connectivity index (χ1) is 12.1. The van der Waals surface area contributed by atoms with E-state index in [-0.39, 0.29) is 18.2 Å². The van der Waals surface area contributed by atoms with Crippen molar-refractivity contribution in [3.8, 4) is 22.9 Å². The van der Waals surface area contributed by atoms with Crippen LogP contribution in [0.25, 0.3) is 11.4 Å². The van der Waals surface area contributed by atoms with Crippen molar-refractivity contribution in [1.82, 2.24) is 10.1 Å². The number of rotatable bonds is 7. The Morgan fingerprint density at radius 1 is 1.04 bits per heavy atom. The maximum atomic E-state index is 12.1. The maximum Gasteiger partial charge on any atom is 0.387 e. The van der Waals surface area contributed by atoms with E-state index >= 15 is 0 Å². The Hall–Kier alpha value is -3.29. The molecular weight excluding hydrogens is 334 g/mol. The van der Waals surface area contributed by atoms with Crippen molar-refractivity contribution in [3.63, 3.8) is 0 Å². The van der Waals surface area contributed by atoms with Gasteiger partial charge in [0.1, 0.15) is 17.8 Å². The van der Waals surface area contributed by atoms with Crippen LogP contribution in [-0.2, 0) is 6.61 Å². The molecule has 6 nitrogen and oxygen atoms in total. The Bertz CT molecular complexity index is 833. The fourth-order valence-corrected chi connectivity index (χ4v) is 2.00. The Morgan fingerprint density at radius 3 is 2.36 bits per heavy atom. The number of benzene rings is 2. The number of alkyl halides is 2. The first kappa shape index (κ1) is 16.6. The molecule has 3 aromatic rings. The van der Waals surface area contributed by atoms with E-state index in [0.29, 0.717) is 22.7 Å². The van der Waals surface area contributed by atoms with Gasteiger partial charge >= 0.3 is 6.61 Å². The van der Waals surface area contributed by atoms with Gasteiger partial charge in [-0.15, -0.1) is 0 Å². The third kappa shape index (κ3) is 4.37. The molecule has 0 amide bonds. The predicted octanol–water partition coefficient (Wildman–Crippen LogP) is 3.73. The van der Waals surface area contributed by atoms with E-state index < -0.39 is 6.61 Å². The molecule has 128 valence electrons. The van der Waals surface area contributed by atoms with Crippen LogP contribution >= 0.6 is 0 Å². The molecule has 0 unspecified atom stereocenters. The molecule has 25 heavy (non-hydrogen) atoms. The molecule has 0 radical (unpaired) electrons. The Morgan fingerprint density at radius 2 is 1.72 bits per heavy atom. The van der Waals surface area contributed by atoms with E-state index in [1.165, 1.54) is 12.1 Å². The highest BCUT2D eigenvalue weighted by Gasteiger charge is 2.10. The summed E-state index contributed by atoms with van der Waals surface area (Å²) < 4.78 is 39.1. The van der Waals surface area contributed by atoms with Crippen molar-refractivity contribution in [2.45, 2.75) is 13.2 Å². The maximum absolute atomic E-state index is 12.1. The smallest absolute Gasteiger partial charge is 0.387 e. The van der Waals surface area contributed by atoms with Crippen LogP contribution in [0.5, 0.6) is 11.5 Å². The van der Waals surface area contributed by atoms with Gasteiger partial charge in [0.15, 0.2) is 6.61 Å². The number of nitrogens with zero attached hydrogens (tertiary/aromatic N) is 2. The van der Waals surface area contributed by atoms with Crippen molar-refractivity contribution in [2.75, 3.05) is 0 Å². The number of aromatic nitrogens is 2. The summed E-state index contributed by atoms with van der Waals surface area (Å²) in [4.78, 5) is 14.8. The summed E-state index contributed by atoms with van der Waals surface area (Å²) in [6.45, 7) is -2.82. The van der Waals surface area contributed by atoms with Crippen LogP contribution in [0.3, 0.4) is 0 Å². The molecule has 0 N–H and O–H groups in total. The molecule has 0 atom stereocenters. The molecule has 1 aromatic heterocycles. The number of hydrogen-bond acceptors (Lipinski definition) is 6. The molecule has 0 aliphatic heterocycles. The molecule has 0 aliphatic rings. The number of carbonyl (C=O) groups excluding carboxylic acids is 1. The van der Waals surface area contributed by atoms with Crippen molar-refractivity contribution in [3.05, 3.63) is 60.0 Å². The average molecular weight is 346 g/mol. The van der Waals surface area contributed by atoms with Gasteiger partial charge in [0.2, 0.25) is 5.82 Å². The second kappa shape index (κ2) is 7.52. The molecular formula is C17H12F2N2O4. The zero-order valence-corrected chi connectivity index (χ0v) is 12.8. The summed E-state index contributed by atoms with van der Waals surface area (Å²) in [6.07, 6.45) is 0.742. The summed E-state index contributed by atoms with van der Waals surface area (Å²) in [6, 6.07) is 12.4. The first-order valence-electron chi connectivity index (χ1n) is 7.20. The third-order valence-electron chi connectivity index (χ3n) is 3.18. The van der Waals surface area contributed by atoms with Crippen LogP contribution in [0.2, 0.25) is 0 Å². The second-order valence-electron chi connectivity index (χ2n) is 4.89. The van der Waals surface area contributed by atoms with Gasteiger partial charge in [0.25, 0.3) is 5.89 Å². The van der Waals surface area contributed by atoms with Crippen LogP contribution in [0.1, 0.15) is 16.2 Å². The van der Waals surface area contributed by atoms with Crippen LogP contribution in [0.4, 0.5) is 8.78 Å². The minimum Gasteiger partial charge on any atom is -0.484 e. The summed E-state index contributed by atoms with van der Waals surface area (Å²) in [5.41, 5.74) is 1.14. The van der Waals surface area contributed by atoms with Gasteiger partial charge in [-0.3, -0.25) is 4.79 Å². The van der Waals surface area contributed by atoms with Gasteiger partial charge in [-0.2, -0.15) is 13.8 Å². The summed E-state index contributed by atoms with van der Waals surface area (Å²) in [5, 5.41) is 3.82. The molecule has 8 heteroatoms. The van der Waals surface area contributed by atoms with E-state index in [2.05, 4.69) is 14.9 Å². The molecule has 1 heterocycles. The number of aldehydes is 1. The molecule has 0 spiro atoms. The molecule has 0 aliphatic carbocycles. The van der Waals surface area contributed by atoms with Gasteiger partial charge < -0.3 is 14.0 Å². The lowest BCUT2D eigenvalue weighted by Gasteiger charge is -2.03. The largest absolute Gasteiger partial charge is 0.484 e. The molecule has 0 fully saturated rings. The van der Waals surface area contributed by atoms with Gasteiger partial charge in [0, 0.05) is 11.1 Å². The zero-order chi connectivity index (χ0) is 17.6. The highest BCUT2D eigenvalue weighted by molar-refractivity contribution is 5.74. The van der Waals surface area contributed by atoms with Gasteiger partial charge in [-0.05, 0) is 48.5 Å². The quantitative estimate of drug-likeness (QED) is 0.607. The molecule has 3 rings (SSSR count). The summed E-state index contributed by atoms with van der Waals surface area (Å²) in [5.74, 6) is 1.16. The minimum absolute atomic E-state index is 0.0459. The van der Waals surface area contributed by atoms with Gasteiger partial charge in [-0.1, -0.05) is 5.16 Å². The lowest BCUT2D eigenvalue weighted by Crippen LogP contribution is -2.01. The normalized spacial score (nSPS) is 10.7. The Balaban J connectivity index is 1.62. The highest BCUT2D eigenvalue weighted by Crippen LogP contribution is 2.21. The fourth-order valence-electron chi connectivity index (χ4n) is 2.00. The minimum atomic E-state index is -2.87. The highest BCUT2D eigenvalue weighted by atomic mass is 19.3. The van der Waals surface area contributed by atoms with Crippen LogP contribution in [0.15, 0.2) is 53.1 Å². The SMILES string of the molecule is O=Cc1ccc(OCc2nc(-c3ccc(OC(F)F)cc3)no2)cc1. The zero-order valence-electron chi connectivity index (χ0n) is 12.8. The summed E-state index contributed by atoms with van der Waals surface area (Å²) in [7, 11) is 0. The van der Waals surface area contributed by atoms with Crippen molar-refractivity contribution in [1.29, 1.82) is 0 Å². The van der Waals surface area contributed by atoms with Crippen LogP contribution in [-0.4, -0.2) is 23.0 Å².